The zero-order chi connectivity index (χ0) is 13.0. The second-order valence-electron chi connectivity index (χ2n) is 4.15. The molecular formula is C14H18N2OS. The van der Waals surface area contributed by atoms with E-state index >= 15 is 0 Å². The summed E-state index contributed by atoms with van der Waals surface area (Å²) >= 11 is 1.76. The Bertz CT molecular complexity index is 543. The molecule has 1 aromatic carbocycles. The van der Waals surface area contributed by atoms with Gasteiger partial charge in [-0.15, -0.1) is 11.8 Å². The van der Waals surface area contributed by atoms with E-state index in [1.807, 2.05) is 18.2 Å². The van der Waals surface area contributed by atoms with E-state index < -0.39 is 0 Å². The summed E-state index contributed by atoms with van der Waals surface area (Å²) in [7, 11) is 1.68. The average Bonchev–Trinajstić information content (AvgIpc) is 2.39. The van der Waals surface area contributed by atoms with Crippen LogP contribution in [0.15, 0.2) is 29.3 Å². The summed E-state index contributed by atoms with van der Waals surface area (Å²) in [6.45, 7) is 2.84. The lowest BCUT2D eigenvalue weighted by molar-refractivity contribution is 0.415. The van der Waals surface area contributed by atoms with Crippen molar-refractivity contribution in [3.63, 3.8) is 0 Å². The minimum absolute atomic E-state index is 0.733. The minimum atomic E-state index is 0.733. The van der Waals surface area contributed by atoms with Crippen LogP contribution in [0.2, 0.25) is 0 Å². The van der Waals surface area contributed by atoms with Crippen molar-refractivity contribution in [1.29, 1.82) is 0 Å². The van der Waals surface area contributed by atoms with Crippen LogP contribution in [-0.2, 0) is 0 Å². The number of methoxy groups -OCH3 is 1. The molecule has 0 aliphatic carbocycles. The molecule has 0 saturated carbocycles. The minimum Gasteiger partial charge on any atom is -0.497 e. The molecule has 0 bridgehead atoms. The molecular weight excluding hydrogens is 244 g/mol. The molecule has 2 aromatic rings. The first-order valence-electron chi connectivity index (χ1n) is 6.03. The quantitative estimate of drug-likeness (QED) is 0.664. The fraction of sp³-hybridized carbons (Fsp3) is 0.357. The first-order valence-corrected chi connectivity index (χ1v) is 7.01. The molecule has 3 nitrogen and oxygen atoms in total. The Morgan fingerprint density at radius 3 is 2.89 bits per heavy atom. The summed E-state index contributed by atoms with van der Waals surface area (Å²) in [6, 6.07) is 8.12. The van der Waals surface area contributed by atoms with Gasteiger partial charge in [0.2, 0.25) is 0 Å². The SMILES string of the molecule is COc1ccc2nc(SCCCN)cc(C)c2c1. The van der Waals surface area contributed by atoms with Crippen LogP contribution in [0.1, 0.15) is 12.0 Å². The van der Waals surface area contributed by atoms with E-state index in [9.17, 15) is 0 Å². The Morgan fingerprint density at radius 2 is 2.17 bits per heavy atom. The van der Waals surface area contributed by atoms with Gasteiger partial charge in [0.25, 0.3) is 0 Å². The number of ether oxygens (including phenoxy) is 1. The topological polar surface area (TPSA) is 48.1 Å². The van der Waals surface area contributed by atoms with Gasteiger partial charge in [-0.2, -0.15) is 0 Å². The number of fused-ring (bicyclic) bond motifs is 1. The molecule has 0 spiro atoms. The Balaban J connectivity index is 2.31. The van der Waals surface area contributed by atoms with Crippen molar-refractivity contribution >= 4 is 22.7 Å². The van der Waals surface area contributed by atoms with E-state index in [-0.39, 0.29) is 0 Å². The van der Waals surface area contributed by atoms with E-state index in [4.69, 9.17) is 10.5 Å². The zero-order valence-electron chi connectivity index (χ0n) is 10.8. The molecule has 2 rings (SSSR count). The summed E-state index contributed by atoms with van der Waals surface area (Å²) in [6.07, 6.45) is 1.02. The molecule has 0 aliphatic heterocycles. The Labute approximate surface area is 112 Å². The largest absolute Gasteiger partial charge is 0.497 e. The molecule has 18 heavy (non-hydrogen) atoms. The molecule has 0 fully saturated rings. The van der Waals surface area contributed by atoms with Crippen LogP contribution in [0.5, 0.6) is 5.75 Å². The Morgan fingerprint density at radius 1 is 1.33 bits per heavy atom. The normalized spacial score (nSPS) is 10.8. The number of hydrogen-bond acceptors (Lipinski definition) is 4. The van der Waals surface area contributed by atoms with Gasteiger partial charge in [0.15, 0.2) is 0 Å². The summed E-state index contributed by atoms with van der Waals surface area (Å²) in [5, 5.41) is 2.22. The highest BCUT2D eigenvalue weighted by Crippen LogP contribution is 2.26. The number of thioether (sulfide) groups is 1. The van der Waals surface area contributed by atoms with Crippen molar-refractivity contribution in [2.24, 2.45) is 5.73 Å². The number of nitrogens with zero attached hydrogens (tertiary/aromatic N) is 1. The third-order valence-corrected chi connectivity index (χ3v) is 3.80. The number of benzene rings is 1. The molecule has 2 N–H and O–H groups in total. The Kier molecular flexibility index (Phi) is 4.44. The highest BCUT2D eigenvalue weighted by Gasteiger charge is 2.04. The van der Waals surface area contributed by atoms with Gasteiger partial charge in [0, 0.05) is 11.1 Å². The van der Waals surface area contributed by atoms with Crippen LogP contribution in [0.25, 0.3) is 10.9 Å². The van der Waals surface area contributed by atoms with E-state index in [1.54, 1.807) is 18.9 Å². The molecule has 0 unspecified atom stereocenters. The average molecular weight is 262 g/mol. The Hall–Kier alpha value is -1.26. The maximum absolute atomic E-state index is 5.50. The molecule has 0 atom stereocenters. The highest BCUT2D eigenvalue weighted by molar-refractivity contribution is 7.99. The van der Waals surface area contributed by atoms with Gasteiger partial charge < -0.3 is 10.5 Å². The number of nitrogens with two attached hydrogens (primary N) is 1. The summed E-state index contributed by atoms with van der Waals surface area (Å²) in [4.78, 5) is 4.65. The smallest absolute Gasteiger partial charge is 0.119 e. The van der Waals surface area contributed by atoms with E-state index in [0.717, 1.165) is 40.4 Å². The molecule has 4 heteroatoms. The fourth-order valence-corrected chi connectivity index (χ4v) is 2.75. The molecule has 0 amide bonds. The standard InChI is InChI=1S/C14H18N2OS/c1-10-8-14(18-7-3-6-15)16-13-5-4-11(17-2)9-12(10)13/h4-5,8-9H,3,6-7,15H2,1-2H3. The highest BCUT2D eigenvalue weighted by atomic mass is 32.2. The third-order valence-electron chi connectivity index (χ3n) is 2.80. The fourth-order valence-electron chi connectivity index (χ4n) is 1.80. The maximum Gasteiger partial charge on any atom is 0.119 e. The predicted molar refractivity (Wildman–Crippen MR) is 77.4 cm³/mol. The lowest BCUT2D eigenvalue weighted by atomic mass is 10.1. The predicted octanol–water partition coefficient (Wildman–Crippen LogP) is 2.99. The van der Waals surface area contributed by atoms with Gasteiger partial charge in [-0.05, 0) is 49.7 Å². The summed E-state index contributed by atoms with van der Waals surface area (Å²) < 4.78 is 5.24. The van der Waals surface area contributed by atoms with Crippen LogP contribution in [0.4, 0.5) is 0 Å². The van der Waals surface area contributed by atoms with Crippen molar-refractivity contribution in [3.05, 3.63) is 29.8 Å². The van der Waals surface area contributed by atoms with Crippen molar-refractivity contribution in [2.75, 3.05) is 19.4 Å². The van der Waals surface area contributed by atoms with Crippen molar-refractivity contribution in [2.45, 2.75) is 18.4 Å². The molecule has 96 valence electrons. The first kappa shape index (κ1) is 13.2. The van der Waals surface area contributed by atoms with Gasteiger partial charge in [-0.1, -0.05) is 0 Å². The summed E-state index contributed by atoms with van der Waals surface area (Å²) in [5.41, 5.74) is 7.75. The van der Waals surface area contributed by atoms with Crippen LogP contribution in [-0.4, -0.2) is 24.4 Å². The van der Waals surface area contributed by atoms with E-state index in [0.29, 0.717) is 0 Å². The van der Waals surface area contributed by atoms with Crippen LogP contribution < -0.4 is 10.5 Å². The lowest BCUT2D eigenvalue weighted by Crippen LogP contribution is -1.99. The molecule has 1 heterocycles. The van der Waals surface area contributed by atoms with Crippen molar-refractivity contribution < 1.29 is 4.74 Å². The van der Waals surface area contributed by atoms with Crippen LogP contribution in [0, 0.1) is 6.92 Å². The van der Waals surface area contributed by atoms with Crippen molar-refractivity contribution in [3.8, 4) is 5.75 Å². The molecule has 0 saturated heterocycles. The van der Waals surface area contributed by atoms with Crippen LogP contribution in [0.3, 0.4) is 0 Å². The first-order chi connectivity index (χ1) is 8.74. The molecule has 0 radical (unpaired) electrons. The number of rotatable bonds is 5. The maximum atomic E-state index is 5.50. The number of hydrogen-bond donors (Lipinski definition) is 1. The van der Waals surface area contributed by atoms with Gasteiger partial charge in [0.1, 0.15) is 5.75 Å². The number of pyridine rings is 1. The van der Waals surface area contributed by atoms with E-state index in [2.05, 4.69) is 18.0 Å². The number of aromatic nitrogens is 1. The summed E-state index contributed by atoms with van der Waals surface area (Å²) in [5.74, 6) is 1.89. The third kappa shape index (κ3) is 2.94. The van der Waals surface area contributed by atoms with Crippen LogP contribution >= 0.6 is 11.8 Å². The zero-order valence-corrected chi connectivity index (χ0v) is 11.6. The van der Waals surface area contributed by atoms with Gasteiger partial charge in [-0.3, -0.25) is 0 Å². The lowest BCUT2D eigenvalue weighted by Gasteiger charge is -2.07. The van der Waals surface area contributed by atoms with Crippen molar-refractivity contribution in [1.82, 2.24) is 4.98 Å². The second kappa shape index (κ2) is 6.07. The number of aryl methyl sites for hydroxylation is 1. The van der Waals surface area contributed by atoms with Gasteiger partial charge in [-0.25, -0.2) is 4.98 Å². The second-order valence-corrected chi connectivity index (χ2v) is 5.27. The van der Waals surface area contributed by atoms with Gasteiger partial charge >= 0.3 is 0 Å². The molecule has 1 aromatic heterocycles. The van der Waals surface area contributed by atoms with Gasteiger partial charge in [0.05, 0.1) is 17.7 Å². The molecule has 0 aliphatic rings. The monoisotopic (exact) mass is 262 g/mol. The van der Waals surface area contributed by atoms with E-state index in [1.165, 1.54) is 5.56 Å².